The molecule has 4 heterocycles. The molecule has 3 aromatic heterocycles. The smallest absolute Gasteiger partial charge is 0.142 e. The van der Waals surface area contributed by atoms with Gasteiger partial charge in [0.25, 0.3) is 0 Å². The first-order valence-electron chi connectivity index (χ1n) is 10.1. The van der Waals surface area contributed by atoms with Crippen LogP contribution in [0.4, 0.5) is 0 Å². The predicted molar refractivity (Wildman–Crippen MR) is 131 cm³/mol. The number of fused-ring (bicyclic) bond motifs is 1. The van der Waals surface area contributed by atoms with Crippen molar-refractivity contribution in [1.29, 1.82) is 5.26 Å². The quantitative estimate of drug-likeness (QED) is 0.384. The third-order valence-electron chi connectivity index (χ3n) is 5.58. The number of hydrogen-bond donors (Lipinski definition) is 1. The van der Waals surface area contributed by atoms with Crippen molar-refractivity contribution in [2.45, 2.75) is 44.4 Å². The summed E-state index contributed by atoms with van der Waals surface area (Å²) in [4.78, 5) is 4.58. The van der Waals surface area contributed by atoms with Gasteiger partial charge in [0.2, 0.25) is 0 Å². The Morgan fingerprint density at radius 2 is 2.03 bits per heavy atom. The minimum Gasteiger partial charge on any atom is -0.361 e. The first kappa shape index (κ1) is 25.4. The largest absolute Gasteiger partial charge is 0.361 e. The minimum absolute atomic E-state index is 0. The van der Waals surface area contributed by atoms with E-state index in [1.54, 1.807) is 0 Å². The summed E-state index contributed by atoms with van der Waals surface area (Å²) in [6.45, 7) is 9.93. The maximum Gasteiger partial charge on any atom is 0.142 e. The maximum atomic E-state index is 9.19. The zero-order valence-electron chi connectivity index (χ0n) is 18.2. The van der Waals surface area contributed by atoms with Crippen molar-refractivity contribution in [3.05, 3.63) is 36.9 Å². The second-order valence-corrected chi connectivity index (χ2v) is 14.7. The monoisotopic (exact) mass is 480 g/mol. The lowest BCUT2D eigenvalue weighted by Gasteiger charge is -2.41. The molecular weight excluding hydrogens is 451 g/mol. The molecule has 0 aromatic carbocycles. The van der Waals surface area contributed by atoms with Crippen molar-refractivity contribution in [3.63, 3.8) is 0 Å². The Morgan fingerprint density at radius 1 is 1.26 bits per heavy atom. The molecule has 0 saturated carbocycles. The van der Waals surface area contributed by atoms with Crippen LogP contribution in [0.25, 0.3) is 22.2 Å². The lowest BCUT2D eigenvalue weighted by atomic mass is 9.89. The van der Waals surface area contributed by atoms with E-state index >= 15 is 0 Å². The Hall–Kier alpha value is -1.89. The van der Waals surface area contributed by atoms with Gasteiger partial charge < -0.3 is 14.6 Å². The van der Waals surface area contributed by atoms with E-state index in [1.165, 1.54) is 0 Å². The van der Waals surface area contributed by atoms with Crippen LogP contribution in [0.5, 0.6) is 0 Å². The van der Waals surface area contributed by atoms with Crippen LogP contribution in [0.2, 0.25) is 25.7 Å². The molecule has 0 atom stereocenters. The molecule has 1 fully saturated rings. The summed E-state index contributed by atoms with van der Waals surface area (Å²) < 4.78 is 9.91. The van der Waals surface area contributed by atoms with Gasteiger partial charge in [0.05, 0.1) is 18.7 Å². The van der Waals surface area contributed by atoms with E-state index in [4.69, 9.17) is 4.74 Å². The van der Waals surface area contributed by atoms with E-state index in [0.717, 1.165) is 47.9 Å². The fraction of sp³-hybridized carbons (Fsp3) is 0.476. The summed E-state index contributed by atoms with van der Waals surface area (Å²) in [5.74, 6) is 0. The average Bonchev–Trinajstić information content (AvgIpc) is 3.28. The summed E-state index contributed by atoms with van der Waals surface area (Å²) in [5, 5.41) is 18.1. The van der Waals surface area contributed by atoms with Gasteiger partial charge in [-0.1, -0.05) is 19.6 Å². The number of hydrogen-bond acceptors (Lipinski definition) is 5. The molecule has 168 valence electrons. The van der Waals surface area contributed by atoms with Crippen LogP contribution in [0.3, 0.4) is 0 Å². The van der Waals surface area contributed by atoms with Gasteiger partial charge in [0.15, 0.2) is 0 Å². The van der Waals surface area contributed by atoms with Crippen molar-refractivity contribution >= 4 is 43.9 Å². The van der Waals surface area contributed by atoms with Crippen LogP contribution in [0.15, 0.2) is 36.9 Å². The number of rotatable bonds is 8. The van der Waals surface area contributed by atoms with Gasteiger partial charge in [0, 0.05) is 57.3 Å². The zero-order chi connectivity index (χ0) is 20.5. The number of nitriles is 1. The molecule has 0 amide bonds. The Labute approximate surface area is 196 Å². The predicted octanol–water partition coefficient (Wildman–Crippen LogP) is 4.27. The molecule has 0 unspecified atom stereocenters. The van der Waals surface area contributed by atoms with Crippen LogP contribution < -0.4 is 5.32 Å². The Balaban J connectivity index is 0.00000171. The number of pyridine rings is 1. The molecule has 1 saturated heterocycles. The van der Waals surface area contributed by atoms with Crippen LogP contribution in [-0.4, -0.2) is 47.1 Å². The summed E-state index contributed by atoms with van der Waals surface area (Å²) >= 11 is 0. The third kappa shape index (κ3) is 5.30. The highest BCUT2D eigenvalue weighted by atomic mass is 35.5. The van der Waals surface area contributed by atoms with E-state index < -0.39 is 8.07 Å². The van der Waals surface area contributed by atoms with Gasteiger partial charge in [-0.05, 0) is 23.7 Å². The molecule has 4 rings (SSSR count). The first-order chi connectivity index (χ1) is 13.9. The average molecular weight is 482 g/mol. The number of aromatic nitrogens is 4. The topological polar surface area (TPSA) is 80.7 Å². The summed E-state index contributed by atoms with van der Waals surface area (Å²) in [5.41, 5.74) is 2.83. The lowest BCUT2D eigenvalue weighted by molar-refractivity contribution is 0.0899. The van der Waals surface area contributed by atoms with E-state index in [9.17, 15) is 5.26 Å². The number of halogens is 2. The highest BCUT2D eigenvalue weighted by Gasteiger charge is 2.39. The molecular formula is C21H30Cl2N6OSi. The molecule has 0 bridgehead atoms. The van der Waals surface area contributed by atoms with E-state index in [2.05, 4.69) is 57.9 Å². The van der Waals surface area contributed by atoms with Gasteiger partial charge in [0.1, 0.15) is 17.9 Å². The SMILES string of the molecule is C[Si](C)(C)CCOCn1ccc2c(-c3cnn(C4(CC#N)CNC4)c3)ccnc21.Cl.Cl. The Bertz CT molecular complexity index is 1050. The summed E-state index contributed by atoms with van der Waals surface area (Å²) in [7, 11) is -1.09. The molecule has 1 aliphatic heterocycles. The standard InChI is InChI=1S/C21H28N6OSi.2ClH/c1-29(2,3)11-10-28-16-26-9-5-19-18(4-8-24-20(19)26)17-12-25-27(13-17)21(6-7-22)14-23-15-21;;/h4-5,8-9,12-13,23H,6,10-11,14-16H2,1-3H3;2*1H. The number of nitrogens with zero attached hydrogens (tertiary/aromatic N) is 5. The highest BCUT2D eigenvalue weighted by molar-refractivity contribution is 6.76. The fourth-order valence-corrected chi connectivity index (χ4v) is 4.39. The van der Waals surface area contributed by atoms with Crippen LogP contribution >= 0.6 is 24.8 Å². The molecule has 0 spiro atoms. The van der Waals surface area contributed by atoms with E-state index in [0.29, 0.717) is 13.2 Å². The Kier molecular flexibility index (Phi) is 8.31. The van der Waals surface area contributed by atoms with Crippen molar-refractivity contribution < 1.29 is 4.74 Å². The molecule has 0 aliphatic carbocycles. The molecule has 1 aliphatic rings. The molecule has 0 radical (unpaired) electrons. The summed E-state index contributed by atoms with van der Waals surface area (Å²) in [6, 6.07) is 7.57. The van der Waals surface area contributed by atoms with Gasteiger partial charge in [-0.15, -0.1) is 24.8 Å². The first-order valence-corrected chi connectivity index (χ1v) is 13.8. The van der Waals surface area contributed by atoms with E-state index in [1.807, 2.05) is 29.3 Å². The zero-order valence-corrected chi connectivity index (χ0v) is 20.8. The molecule has 3 aromatic rings. The molecule has 10 heteroatoms. The number of ether oxygens (including phenoxy) is 1. The van der Waals surface area contributed by atoms with Gasteiger partial charge in [-0.25, -0.2) is 4.98 Å². The maximum absolute atomic E-state index is 9.19. The molecule has 7 nitrogen and oxygen atoms in total. The number of nitrogens with one attached hydrogen (secondary N) is 1. The van der Waals surface area contributed by atoms with Gasteiger partial charge >= 0.3 is 0 Å². The van der Waals surface area contributed by atoms with Crippen LogP contribution in [0, 0.1) is 11.3 Å². The fourth-order valence-electron chi connectivity index (χ4n) is 3.64. The normalized spacial score (nSPS) is 14.9. The van der Waals surface area contributed by atoms with Crippen molar-refractivity contribution in [2.75, 3.05) is 19.7 Å². The van der Waals surface area contributed by atoms with Gasteiger partial charge in [-0.3, -0.25) is 4.68 Å². The lowest BCUT2D eigenvalue weighted by Crippen LogP contribution is -2.60. The second kappa shape index (κ2) is 10.2. The molecule has 31 heavy (non-hydrogen) atoms. The van der Waals surface area contributed by atoms with Crippen molar-refractivity contribution in [1.82, 2.24) is 24.6 Å². The molecule has 1 N–H and O–H groups in total. The second-order valence-electron chi connectivity index (χ2n) is 9.07. The highest BCUT2D eigenvalue weighted by Crippen LogP contribution is 2.31. The third-order valence-corrected chi connectivity index (χ3v) is 7.29. The van der Waals surface area contributed by atoms with Crippen molar-refractivity contribution in [3.8, 4) is 17.2 Å². The van der Waals surface area contributed by atoms with Crippen LogP contribution in [0.1, 0.15) is 6.42 Å². The summed E-state index contributed by atoms with van der Waals surface area (Å²) in [6.07, 6.45) is 8.26. The minimum atomic E-state index is -1.09. The van der Waals surface area contributed by atoms with Gasteiger partial charge in [-0.2, -0.15) is 10.4 Å². The Morgan fingerprint density at radius 3 is 2.68 bits per heavy atom. The van der Waals surface area contributed by atoms with Crippen molar-refractivity contribution in [2.24, 2.45) is 0 Å². The van der Waals surface area contributed by atoms with Crippen LogP contribution in [-0.2, 0) is 17.0 Å². The van der Waals surface area contributed by atoms with E-state index in [-0.39, 0.29) is 30.4 Å².